The van der Waals surface area contributed by atoms with Gasteiger partial charge in [0.25, 0.3) is 0 Å². The van der Waals surface area contributed by atoms with Gasteiger partial charge in [0, 0.05) is 14.2 Å². The lowest BCUT2D eigenvalue weighted by atomic mass is 10.2. The molecular weight excluding hydrogens is 388 g/mol. The van der Waals surface area contributed by atoms with E-state index in [1.54, 1.807) is 14.2 Å². The van der Waals surface area contributed by atoms with E-state index in [-0.39, 0.29) is 27.1 Å². The van der Waals surface area contributed by atoms with E-state index in [1.807, 2.05) is 13.8 Å². The molecule has 4 atom stereocenters. The first-order chi connectivity index (χ1) is 13.4. The quantitative estimate of drug-likeness (QED) is 0.418. The third-order valence-corrected chi connectivity index (χ3v) is 2.94. The summed E-state index contributed by atoms with van der Waals surface area (Å²) in [5.41, 5.74) is 9.00. The van der Waals surface area contributed by atoms with E-state index >= 15 is 0 Å². The van der Waals surface area contributed by atoms with Crippen LogP contribution in [0, 0.1) is 0 Å². The molecule has 0 spiro atoms. The average molecular weight is 447 g/mol. The van der Waals surface area contributed by atoms with Crippen molar-refractivity contribution >= 4 is 0 Å². The van der Waals surface area contributed by atoms with Crippen molar-refractivity contribution in [3.05, 3.63) is 0 Å². The first-order valence-corrected chi connectivity index (χ1v) is 10.1. The van der Waals surface area contributed by atoms with Gasteiger partial charge in [-0.1, -0.05) is 41.5 Å². The Morgan fingerprint density at radius 1 is 0.900 bits per heavy atom. The van der Waals surface area contributed by atoms with Gasteiger partial charge in [-0.2, -0.15) is 0 Å². The second-order valence-corrected chi connectivity index (χ2v) is 6.09. The Labute approximate surface area is 188 Å². The van der Waals surface area contributed by atoms with Crippen LogP contribution in [0.5, 0.6) is 0 Å². The molecule has 0 aromatic rings. The summed E-state index contributed by atoms with van der Waals surface area (Å²) in [5.74, 6) is 0. The van der Waals surface area contributed by atoms with Crippen LogP contribution in [0.15, 0.2) is 0 Å². The Morgan fingerprint density at radius 3 is 1.43 bits per heavy atom. The molecule has 0 amide bonds. The molecule has 8 heteroatoms. The predicted octanol–water partition coefficient (Wildman–Crippen LogP) is 2.82. The van der Waals surface area contributed by atoms with Crippen molar-refractivity contribution in [3.63, 3.8) is 0 Å². The van der Waals surface area contributed by atoms with Crippen LogP contribution < -0.4 is 11.5 Å². The molecule has 2 rings (SSSR count). The average Bonchev–Trinajstić information content (AvgIpc) is 3.60. The first kappa shape index (κ1) is 43.5. The summed E-state index contributed by atoms with van der Waals surface area (Å²) in [6, 6.07) is 0. The lowest BCUT2D eigenvalue weighted by molar-refractivity contribution is 0.0589. The van der Waals surface area contributed by atoms with Crippen molar-refractivity contribution in [2.45, 2.75) is 92.6 Å². The third kappa shape index (κ3) is 63.0. The van der Waals surface area contributed by atoms with E-state index < -0.39 is 0 Å². The van der Waals surface area contributed by atoms with Gasteiger partial charge >= 0.3 is 0 Å². The molecule has 0 bridgehead atoms. The zero-order valence-electron chi connectivity index (χ0n) is 19.6. The topological polar surface area (TPSA) is 136 Å². The van der Waals surface area contributed by atoms with Crippen molar-refractivity contribution in [2.24, 2.45) is 11.5 Å². The van der Waals surface area contributed by atoms with Gasteiger partial charge in [-0.3, -0.25) is 0 Å². The number of aliphatic hydroxyl groups is 2. The summed E-state index contributed by atoms with van der Waals surface area (Å²) in [6.45, 7) is 11.1. The number of ether oxygens (including phenoxy) is 4. The monoisotopic (exact) mass is 446 g/mol. The molecule has 6 N–H and O–H groups in total. The van der Waals surface area contributed by atoms with Crippen LogP contribution in [0.3, 0.4) is 0 Å². The van der Waals surface area contributed by atoms with E-state index in [9.17, 15) is 0 Å². The minimum Gasteiger partial charge on any atom is -0.393 e. The number of methoxy groups -OCH3 is 2. The highest BCUT2D eigenvalue weighted by atomic mass is 16.6. The highest BCUT2D eigenvalue weighted by Crippen LogP contribution is 2.07. The van der Waals surface area contributed by atoms with Crippen molar-refractivity contribution in [2.75, 3.05) is 54.7 Å². The maximum absolute atomic E-state index is 8.92. The van der Waals surface area contributed by atoms with E-state index in [2.05, 4.69) is 25.3 Å². The van der Waals surface area contributed by atoms with Gasteiger partial charge in [0.2, 0.25) is 0 Å². The zero-order chi connectivity index (χ0) is 22.8. The van der Waals surface area contributed by atoms with Gasteiger partial charge in [-0.25, -0.2) is 0 Å². The SMILES string of the molecule is C.C.CC1CO1.CCCC(C)O.CCCC(O)COC.CN.CN.COCC1CO1. The summed E-state index contributed by atoms with van der Waals surface area (Å²) in [5, 5.41) is 17.5. The summed E-state index contributed by atoms with van der Waals surface area (Å²) in [4.78, 5) is 0. The van der Waals surface area contributed by atoms with Crippen molar-refractivity contribution in [3.8, 4) is 0 Å². The number of rotatable bonds is 8. The number of hydrogen-bond donors (Lipinski definition) is 4. The molecule has 192 valence electrons. The molecule has 2 aliphatic heterocycles. The molecule has 0 radical (unpaired) electrons. The van der Waals surface area contributed by atoms with Crippen LogP contribution in [-0.4, -0.2) is 89.4 Å². The van der Waals surface area contributed by atoms with Gasteiger partial charge in [-0.15, -0.1) is 0 Å². The van der Waals surface area contributed by atoms with Crippen molar-refractivity contribution < 1.29 is 29.2 Å². The molecule has 2 fully saturated rings. The molecule has 30 heavy (non-hydrogen) atoms. The Kier molecular flexibility index (Phi) is 56.9. The molecule has 0 aromatic carbocycles. The fourth-order valence-corrected chi connectivity index (χ4v) is 1.47. The smallest absolute Gasteiger partial charge is 0.104 e. The Hall–Kier alpha value is -0.320. The number of nitrogens with two attached hydrogens (primary N) is 2. The highest BCUT2D eigenvalue weighted by Gasteiger charge is 2.21. The van der Waals surface area contributed by atoms with E-state index in [4.69, 9.17) is 29.2 Å². The van der Waals surface area contributed by atoms with Crippen LogP contribution >= 0.6 is 0 Å². The van der Waals surface area contributed by atoms with Crippen molar-refractivity contribution in [1.82, 2.24) is 0 Å². The summed E-state index contributed by atoms with van der Waals surface area (Å²) >= 11 is 0. The van der Waals surface area contributed by atoms with Gasteiger partial charge in [0.05, 0.1) is 44.7 Å². The minimum absolute atomic E-state index is 0. The lowest BCUT2D eigenvalue weighted by Gasteiger charge is -2.05. The van der Waals surface area contributed by atoms with Crippen LogP contribution in [0.2, 0.25) is 0 Å². The lowest BCUT2D eigenvalue weighted by Crippen LogP contribution is -2.12. The summed E-state index contributed by atoms with van der Waals surface area (Å²) in [7, 11) is 6.28. The fraction of sp³-hybridized carbons (Fsp3) is 1.00. The fourth-order valence-electron chi connectivity index (χ4n) is 1.47. The molecule has 2 heterocycles. The van der Waals surface area contributed by atoms with Crippen LogP contribution in [0.4, 0.5) is 0 Å². The number of hydrogen-bond acceptors (Lipinski definition) is 8. The van der Waals surface area contributed by atoms with Gasteiger partial charge in [0.1, 0.15) is 6.10 Å². The standard InChI is InChI=1S/C6H14O2.C5H12O.C4H8O2.C3H6O.2CH5N.2CH4/c1-3-4-6(7)5-8-2;1-3-4-5(2)6;1-5-2-4-3-6-4;1-3-2-4-3;2*1-2;;/h6-7H,3-5H2,1-2H3;5-6H,3-4H2,1-2H3;4H,2-3H2,1H3;3H,2H2,1H3;2*2H2,1H3;2*1H4. The number of epoxide rings is 2. The normalized spacial score (nSPS) is 18.4. The third-order valence-electron chi connectivity index (χ3n) is 2.94. The highest BCUT2D eigenvalue weighted by molar-refractivity contribution is 4.66. The van der Waals surface area contributed by atoms with E-state index in [0.29, 0.717) is 18.8 Å². The van der Waals surface area contributed by atoms with E-state index in [0.717, 1.165) is 45.5 Å². The maximum Gasteiger partial charge on any atom is 0.104 e. The maximum atomic E-state index is 8.92. The Morgan fingerprint density at radius 2 is 1.30 bits per heavy atom. The van der Waals surface area contributed by atoms with Gasteiger partial charge in [-0.05, 0) is 40.8 Å². The molecule has 0 saturated carbocycles. The summed E-state index contributed by atoms with van der Waals surface area (Å²) in [6.07, 6.45) is 4.52. The van der Waals surface area contributed by atoms with Crippen molar-refractivity contribution in [1.29, 1.82) is 0 Å². The second kappa shape index (κ2) is 39.2. The molecule has 0 aromatic heterocycles. The van der Waals surface area contributed by atoms with Crippen LogP contribution in [0.25, 0.3) is 0 Å². The zero-order valence-corrected chi connectivity index (χ0v) is 19.6. The van der Waals surface area contributed by atoms with Gasteiger partial charge < -0.3 is 40.6 Å². The summed E-state index contributed by atoms with van der Waals surface area (Å²) < 4.78 is 19.0. The van der Waals surface area contributed by atoms with E-state index in [1.165, 1.54) is 14.1 Å². The van der Waals surface area contributed by atoms with Crippen LogP contribution in [-0.2, 0) is 18.9 Å². The Bertz CT molecular complexity index is 232. The first-order valence-electron chi connectivity index (χ1n) is 10.1. The predicted molar refractivity (Wildman–Crippen MR) is 130 cm³/mol. The van der Waals surface area contributed by atoms with Gasteiger partial charge in [0.15, 0.2) is 0 Å². The molecular formula is C22H58N2O6. The Balaban J connectivity index is -0.0000000601. The minimum atomic E-state index is -0.259. The largest absolute Gasteiger partial charge is 0.393 e. The molecule has 8 nitrogen and oxygen atoms in total. The second-order valence-electron chi connectivity index (χ2n) is 6.09. The van der Waals surface area contributed by atoms with Crippen LogP contribution in [0.1, 0.15) is 68.2 Å². The number of aliphatic hydroxyl groups excluding tert-OH is 2. The molecule has 4 unspecified atom stereocenters. The molecule has 2 saturated heterocycles. The molecule has 0 aliphatic carbocycles. The molecule has 2 aliphatic rings.